The number of carboxylic acids is 1. The fourth-order valence-corrected chi connectivity index (χ4v) is 4.00. The van der Waals surface area contributed by atoms with Crippen LogP contribution in [-0.4, -0.2) is 46.4 Å². The van der Waals surface area contributed by atoms with Gasteiger partial charge in [-0.1, -0.05) is 25.1 Å². The Morgan fingerprint density at radius 2 is 1.72 bits per heavy atom. The van der Waals surface area contributed by atoms with Crippen molar-refractivity contribution in [2.75, 3.05) is 6.54 Å². The quantitative estimate of drug-likeness (QED) is 0.785. The van der Waals surface area contributed by atoms with E-state index in [9.17, 15) is 19.5 Å². The lowest BCUT2D eigenvalue weighted by Gasteiger charge is -2.24. The summed E-state index contributed by atoms with van der Waals surface area (Å²) in [7, 11) is 0. The minimum atomic E-state index is -0.993. The first kappa shape index (κ1) is 19.0. The number of hydrogen-bond donors (Lipinski definition) is 2. The summed E-state index contributed by atoms with van der Waals surface area (Å²) in [5, 5.41) is 12.0. The lowest BCUT2D eigenvalue weighted by atomic mass is 10.0. The summed E-state index contributed by atoms with van der Waals surface area (Å²) in [6, 6.07) is 15.0. The molecule has 1 aliphatic heterocycles. The van der Waals surface area contributed by atoms with Crippen LogP contribution in [0.5, 0.6) is 11.5 Å². The zero-order valence-corrected chi connectivity index (χ0v) is 16.0. The average molecular weight is 394 g/mol. The number of likely N-dealkylation sites (tertiary alicyclic amines) is 1. The van der Waals surface area contributed by atoms with Crippen LogP contribution in [0.1, 0.15) is 30.1 Å². The van der Waals surface area contributed by atoms with Crippen LogP contribution < -0.4 is 10.1 Å². The Hall–Kier alpha value is -3.35. The van der Waals surface area contributed by atoms with E-state index in [1.54, 1.807) is 24.3 Å². The molecular formula is C22H22N2O5. The number of carboxylic acid groups (broad SMARTS) is 1. The molecule has 4 rings (SSSR count). The highest BCUT2D eigenvalue weighted by molar-refractivity contribution is 5.97. The summed E-state index contributed by atoms with van der Waals surface area (Å²) in [5.74, 6) is -0.457. The third-order valence-electron chi connectivity index (χ3n) is 5.70. The molecule has 0 unspecified atom stereocenters. The van der Waals surface area contributed by atoms with Gasteiger partial charge in [0.2, 0.25) is 5.91 Å². The van der Waals surface area contributed by atoms with Crippen LogP contribution in [0, 0.1) is 5.41 Å². The maximum atomic E-state index is 12.6. The zero-order valence-electron chi connectivity index (χ0n) is 16.0. The van der Waals surface area contributed by atoms with E-state index in [4.69, 9.17) is 4.74 Å². The Labute approximate surface area is 168 Å². The van der Waals surface area contributed by atoms with Gasteiger partial charge in [0, 0.05) is 11.6 Å². The van der Waals surface area contributed by atoms with Gasteiger partial charge in [0.05, 0.1) is 6.54 Å². The molecular weight excluding hydrogens is 372 g/mol. The topological polar surface area (TPSA) is 95.9 Å². The van der Waals surface area contributed by atoms with Gasteiger partial charge in [0.1, 0.15) is 17.5 Å². The molecule has 0 spiro atoms. The van der Waals surface area contributed by atoms with Crippen LogP contribution in [-0.2, 0) is 9.59 Å². The van der Waals surface area contributed by atoms with Gasteiger partial charge in [-0.3, -0.25) is 9.59 Å². The van der Waals surface area contributed by atoms with Crippen molar-refractivity contribution < 1.29 is 24.2 Å². The number of hydrogen-bond acceptors (Lipinski definition) is 4. The second-order valence-corrected chi connectivity index (χ2v) is 7.86. The molecule has 2 fully saturated rings. The van der Waals surface area contributed by atoms with E-state index in [-0.39, 0.29) is 23.9 Å². The van der Waals surface area contributed by atoms with Crippen LogP contribution in [0.25, 0.3) is 0 Å². The molecule has 7 nitrogen and oxygen atoms in total. The van der Waals surface area contributed by atoms with E-state index in [1.165, 1.54) is 4.90 Å². The summed E-state index contributed by atoms with van der Waals surface area (Å²) in [6.45, 7) is 1.77. The minimum Gasteiger partial charge on any atom is -0.480 e. The number of fused-ring (bicyclic) bond motifs is 1. The van der Waals surface area contributed by atoms with Gasteiger partial charge in [0.15, 0.2) is 0 Å². The zero-order chi connectivity index (χ0) is 20.6. The van der Waals surface area contributed by atoms with Gasteiger partial charge >= 0.3 is 5.97 Å². The summed E-state index contributed by atoms with van der Waals surface area (Å²) in [4.78, 5) is 37.8. The number of aliphatic carboxylic acids is 1. The molecule has 2 aliphatic rings. The fourth-order valence-electron chi connectivity index (χ4n) is 4.00. The third-order valence-corrected chi connectivity index (χ3v) is 5.70. The van der Waals surface area contributed by atoms with Gasteiger partial charge in [-0.25, -0.2) is 4.79 Å². The average Bonchev–Trinajstić information content (AvgIpc) is 3.27. The van der Waals surface area contributed by atoms with Gasteiger partial charge in [0.25, 0.3) is 5.91 Å². The van der Waals surface area contributed by atoms with E-state index in [1.807, 2.05) is 37.3 Å². The van der Waals surface area contributed by atoms with Gasteiger partial charge in [-0.05, 0) is 54.7 Å². The monoisotopic (exact) mass is 394 g/mol. The molecule has 1 saturated heterocycles. The number of piperidine rings is 1. The summed E-state index contributed by atoms with van der Waals surface area (Å²) < 4.78 is 5.69. The van der Waals surface area contributed by atoms with Crippen LogP contribution in [0.15, 0.2) is 54.6 Å². The Bertz CT molecular complexity index is 943. The molecule has 2 amide bonds. The SMILES string of the molecule is C[C@@]12C[C@@H]1N(C(=O)CNC(=O)c1ccc(Oc3ccccc3)cc1)[C@H](C(=O)O)C2. The summed E-state index contributed by atoms with van der Waals surface area (Å²) >= 11 is 0. The highest BCUT2D eigenvalue weighted by Gasteiger charge is 2.64. The van der Waals surface area contributed by atoms with E-state index >= 15 is 0 Å². The number of nitrogens with one attached hydrogen (secondary N) is 1. The third kappa shape index (κ3) is 3.81. The lowest BCUT2D eigenvalue weighted by Crippen LogP contribution is -2.47. The van der Waals surface area contributed by atoms with Crippen LogP contribution in [0.3, 0.4) is 0 Å². The smallest absolute Gasteiger partial charge is 0.326 e. The number of carbonyl (C=O) groups is 3. The molecule has 1 heterocycles. The molecule has 7 heteroatoms. The van der Waals surface area contributed by atoms with Crippen molar-refractivity contribution in [3.63, 3.8) is 0 Å². The number of benzene rings is 2. The van der Waals surface area contributed by atoms with Crippen molar-refractivity contribution in [2.24, 2.45) is 5.41 Å². The van der Waals surface area contributed by atoms with Gasteiger partial charge in [-0.2, -0.15) is 0 Å². The number of rotatable bonds is 6. The second-order valence-electron chi connectivity index (χ2n) is 7.86. The standard InChI is InChI=1S/C22H22N2O5/c1-22-11-17(21(27)28)24(18(22)12-22)19(25)13-23-20(26)14-7-9-16(10-8-14)29-15-5-3-2-4-6-15/h2-10,17-18H,11-13H2,1H3,(H,23,26)(H,27,28)/t17-,18-,22+/m0/s1. The first-order chi connectivity index (χ1) is 13.9. The molecule has 29 heavy (non-hydrogen) atoms. The molecule has 0 aromatic heterocycles. The summed E-state index contributed by atoms with van der Waals surface area (Å²) in [6.07, 6.45) is 1.29. The fraction of sp³-hybridized carbons (Fsp3) is 0.318. The van der Waals surface area contributed by atoms with Crippen LogP contribution in [0.2, 0.25) is 0 Å². The number of amides is 2. The van der Waals surface area contributed by atoms with Crippen molar-refractivity contribution in [1.82, 2.24) is 10.2 Å². The molecule has 2 aromatic carbocycles. The summed E-state index contributed by atoms with van der Waals surface area (Å²) in [5.41, 5.74) is 0.294. The van der Waals surface area contributed by atoms with Crippen molar-refractivity contribution in [2.45, 2.75) is 31.8 Å². The molecule has 3 atom stereocenters. The molecule has 150 valence electrons. The Morgan fingerprint density at radius 1 is 1.07 bits per heavy atom. The van der Waals surface area contributed by atoms with E-state index in [0.717, 1.165) is 6.42 Å². The largest absolute Gasteiger partial charge is 0.480 e. The Kier molecular flexibility index (Phi) is 4.74. The number of carbonyl (C=O) groups excluding carboxylic acids is 2. The van der Waals surface area contributed by atoms with Crippen molar-refractivity contribution in [3.8, 4) is 11.5 Å². The first-order valence-corrected chi connectivity index (χ1v) is 9.52. The molecule has 1 saturated carbocycles. The minimum absolute atomic E-state index is 0.0394. The lowest BCUT2D eigenvalue weighted by molar-refractivity contribution is -0.149. The van der Waals surface area contributed by atoms with E-state index in [0.29, 0.717) is 23.5 Å². The highest BCUT2D eigenvalue weighted by atomic mass is 16.5. The van der Waals surface area contributed by atoms with E-state index in [2.05, 4.69) is 5.32 Å². The second kappa shape index (κ2) is 7.24. The highest BCUT2D eigenvalue weighted by Crippen LogP contribution is 2.59. The van der Waals surface area contributed by atoms with Gasteiger partial charge < -0.3 is 20.1 Å². The van der Waals surface area contributed by atoms with E-state index < -0.39 is 17.9 Å². The van der Waals surface area contributed by atoms with Crippen LogP contribution in [0.4, 0.5) is 0 Å². The molecule has 1 aliphatic carbocycles. The Morgan fingerprint density at radius 3 is 2.38 bits per heavy atom. The number of nitrogens with zero attached hydrogens (tertiary/aromatic N) is 1. The molecule has 0 bridgehead atoms. The normalized spacial score (nSPS) is 24.5. The van der Waals surface area contributed by atoms with Gasteiger partial charge in [-0.15, -0.1) is 0 Å². The van der Waals surface area contributed by atoms with Crippen molar-refractivity contribution >= 4 is 17.8 Å². The Balaban J connectivity index is 1.34. The number of para-hydroxylation sites is 1. The molecule has 2 aromatic rings. The molecule has 0 radical (unpaired) electrons. The molecule has 2 N–H and O–H groups in total. The van der Waals surface area contributed by atoms with Crippen molar-refractivity contribution in [1.29, 1.82) is 0 Å². The predicted molar refractivity (Wildman–Crippen MR) is 105 cm³/mol. The maximum Gasteiger partial charge on any atom is 0.326 e. The first-order valence-electron chi connectivity index (χ1n) is 9.52. The number of ether oxygens (including phenoxy) is 1. The van der Waals surface area contributed by atoms with Crippen LogP contribution >= 0.6 is 0 Å². The maximum absolute atomic E-state index is 12.6. The predicted octanol–water partition coefficient (Wildman–Crippen LogP) is 2.67. The van der Waals surface area contributed by atoms with Crippen molar-refractivity contribution in [3.05, 3.63) is 60.2 Å².